The Kier molecular flexibility index (Phi) is 7.99. The molecule has 3 N–H and O–H groups in total. The van der Waals surface area contributed by atoms with Crippen molar-refractivity contribution in [2.45, 2.75) is 39.8 Å². The van der Waals surface area contributed by atoms with Crippen molar-refractivity contribution in [3.05, 3.63) is 95.3 Å². The zero-order valence-corrected chi connectivity index (χ0v) is 22.8. The number of hydrogen-bond donors (Lipinski definition) is 2. The Hall–Kier alpha value is -4.99. The standard InChI is InChI=1S/C30H31N5O5/c1-5-39-27(37)21-12-8-19(9-13-21)24-18-34-16-6-7-23(25(34)33-24)17-35(29(31)32)26(36)20-10-14-22(15-11-20)28(38)40-30(2,3)4/h6-16,18H,5,17H2,1-4H3,(H3,31,32). The fraction of sp³-hybridized carbons (Fsp3) is 0.233. The molecule has 0 aliphatic heterocycles. The van der Waals surface area contributed by atoms with E-state index in [-0.39, 0.29) is 18.1 Å². The molecule has 0 atom stereocenters. The van der Waals surface area contributed by atoms with Crippen LogP contribution in [0.5, 0.6) is 0 Å². The molecule has 0 radical (unpaired) electrons. The maximum absolute atomic E-state index is 13.3. The van der Waals surface area contributed by atoms with Crippen LogP contribution in [0, 0.1) is 5.41 Å². The van der Waals surface area contributed by atoms with Crippen molar-refractivity contribution in [3.63, 3.8) is 0 Å². The first-order valence-corrected chi connectivity index (χ1v) is 12.7. The second-order valence-corrected chi connectivity index (χ2v) is 10.0. The number of guanidine groups is 1. The molecule has 0 unspecified atom stereocenters. The van der Waals surface area contributed by atoms with Crippen molar-refractivity contribution in [1.29, 1.82) is 5.41 Å². The Bertz CT molecular complexity index is 1570. The van der Waals surface area contributed by atoms with Crippen LogP contribution in [0.25, 0.3) is 16.9 Å². The lowest BCUT2D eigenvalue weighted by molar-refractivity contribution is 0.00690. The molecule has 40 heavy (non-hydrogen) atoms. The SMILES string of the molecule is CCOC(=O)c1ccc(-c2cn3cccc(CN(C(=N)N)C(=O)c4ccc(C(=O)OC(C)(C)C)cc4)c3n2)cc1. The van der Waals surface area contributed by atoms with Gasteiger partial charge in [-0.25, -0.2) is 14.6 Å². The number of imidazole rings is 1. The van der Waals surface area contributed by atoms with Gasteiger partial charge in [0.15, 0.2) is 5.96 Å². The van der Waals surface area contributed by atoms with Crippen molar-refractivity contribution in [2.75, 3.05) is 6.61 Å². The van der Waals surface area contributed by atoms with E-state index in [0.29, 0.717) is 34.6 Å². The normalized spacial score (nSPS) is 11.2. The highest BCUT2D eigenvalue weighted by Crippen LogP contribution is 2.23. The largest absolute Gasteiger partial charge is 0.462 e. The number of amides is 1. The molecule has 1 amide bonds. The second-order valence-electron chi connectivity index (χ2n) is 10.0. The summed E-state index contributed by atoms with van der Waals surface area (Å²) in [5.41, 5.74) is 8.93. The van der Waals surface area contributed by atoms with Gasteiger partial charge < -0.3 is 19.6 Å². The van der Waals surface area contributed by atoms with E-state index in [1.54, 1.807) is 52.0 Å². The van der Waals surface area contributed by atoms with Gasteiger partial charge in [-0.15, -0.1) is 0 Å². The van der Waals surface area contributed by atoms with E-state index < -0.39 is 23.4 Å². The number of hydrogen-bond acceptors (Lipinski definition) is 7. The van der Waals surface area contributed by atoms with E-state index in [1.165, 1.54) is 24.3 Å². The van der Waals surface area contributed by atoms with Gasteiger partial charge in [-0.1, -0.05) is 18.2 Å². The van der Waals surface area contributed by atoms with Crippen LogP contribution in [-0.2, 0) is 16.0 Å². The van der Waals surface area contributed by atoms with Crippen molar-refractivity contribution in [2.24, 2.45) is 5.73 Å². The van der Waals surface area contributed by atoms with Crippen molar-refractivity contribution >= 4 is 29.5 Å². The van der Waals surface area contributed by atoms with Gasteiger partial charge in [0.25, 0.3) is 5.91 Å². The Labute approximate surface area is 231 Å². The van der Waals surface area contributed by atoms with Crippen LogP contribution < -0.4 is 5.73 Å². The van der Waals surface area contributed by atoms with Crippen LogP contribution in [0.2, 0.25) is 0 Å². The highest BCUT2D eigenvalue weighted by atomic mass is 16.6. The molecule has 4 aromatic rings. The van der Waals surface area contributed by atoms with Crippen LogP contribution in [0.3, 0.4) is 0 Å². The lowest BCUT2D eigenvalue weighted by atomic mass is 10.1. The number of pyridine rings is 1. The summed E-state index contributed by atoms with van der Waals surface area (Å²) in [6.07, 6.45) is 3.67. The topological polar surface area (TPSA) is 140 Å². The van der Waals surface area contributed by atoms with Crippen molar-refractivity contribution in [1.82, 2.24) is 14.3 Å². The Morgan fingerprint density at radius 1 is 0.950 bits per heavy atom. The maximum atomic E-state index is 13.3. The van der Waals surface area contributed by atoms with E-state index >= 15 is 0 Å². The zero-order valence-electron chi connectivity index (χ0n) is 22.8. The molecule has 0 bridgehead atoms. The van der Waals surface area contributed by atoms with Gasteiger partial charge in [-0.3, -0.25) is 15.1 Å². The summed E-state index contributed by atoms with van der Waals surface area (Å²) in [4.78, 5) is 43.5. The molecule has 0 aliphatic rings. The fourth-order valence-electron chi connectivity index (χ4n) is 4.00. The summed E-state index contributed by atoms with van der Waals surface area (Å²) in [6, 6.07) is 16.6. The summed E-state index contributed by atoms with van der Waals surface area (Å²) in [5, 5.41) is 8.07. The van der Waals surface area contributed by atoms with E-state index in [9.17, 15) is 14.4 Å². The van der Waals surface area contributed by atoms with Gasteiger partial charge in [0.05, 0.1) is 30.0 Å². The molecule has 0 fully saturated rings. The number of ether oxygens (including phenoxy) is 2. The number of carbonyl (C=O) groups is 3. The third kappa shape index (κ3) is 6.35. The Morgan fingerprint density at radius 3 is 2.15 bits per heavy atom. The minimum atomic E-state index is -0.642. The van der Waals surface area contributed by atoms with E-state index in [1.807, 2.05) is 28.9 Å². The quantitative estimate of drug-likeness (QED) is 0.197. The van der Waals surface area contributed by atoms with Crippen LogP contribution >= 0.6 is 0 Å². The summed E-state index contributed by atoms with van der Waals surface area (Å²) >= 11 is 0. The molecule has 2 aromatic carbocycles. The lowest BCUT2D eigenvalue weighted by Gasteiger charge is -2.21. The number of nitrogens with zero attached hydrogens (tertiary/aromatic N) is 3. The predicted octanol–water partition coefficient (Wildman–Crippen LogP) is 4.67. The van der Waals surface area contributed by atoms with Gasteiger partial charge in [0, 0.05) is 29.1 Å². The molecule has 0 saturated heterocycles. The van der Waals surface area contributed by atoms with E-state index in [2.05, 4.69) is 0 Å². The molecule has 206 valence electrons. The average Bonchev–Trinajstić information content (AvgIpc) is 3.36. The Morgan fingerprint density at radius 2 is 1.55 bits per heavy atom. The summed E-state index contributed by atoms with van der Waals surface area (Å²) < 4.78 is 12.2. The molecule has 0 spiro atoms. The molecule has 0 aliphatic carbocycles. The molecule has 2 aromatic heterocycles. The van der Waals surface area contributed by atoms with Crippen molar-refractivity contribution < 1.29 is 23.9 Å². The number of nitrogens with one attached hydrogen (secondary N) is 1. The summed E-state index contributed by atoms with van der Waals surface area (Å²) in [7, 11) is 0. The number of rotatable bonds is 7. The molecule has 0 saturated carbocycles. The summed E-state index contributed by atoms with van der Waals surface area (Å²) in [6.45, 7) is 7.39. The molecule has 4 rings (SSSR count). The number of carbonyl (C=O) groups excluding carboxylic acids is 3. The number of nitrogens with two attached hydrogens (primary N) is 1. The maximum Gasteiger partial charge on any atom is 0.338 e. The van der Waals surface area contributed by atoms with Gasteiger partial charge >= 0.3 is 11.9 Å². The van der Waals surface area contributed by atoms with Gasteiger partial charge in [-0.05, 0) is 70.2 Å². The van der Waals surface area contributed by atoms with Gasteiger partial charge in [0.1, 0.15) is 11.2 Å². The van der Waals surface area contributed by atoms with Gasteiger partial charge in [0.2, 0.25) is 0 Å². The first-order chi connectivity index (χ1) is 19.0. The number of fused-ring (bicyclic) bond motifs is 1. The molecule has 10 nitrogen and oxygen atoms in total. The minimum absolute atomic E-state index is 0.00454. The lowest BCUT2D eigenvalue weighted by Crippen LogP contribution is -2.40. The zero-order chi connectivity index (χ0) is 29.0. The third-order valence-electron chi connectivity index (χ3n) is 5.89. The molecular formula is C30H31N5O5. The second kappa shape index (κ2) is 11.4. The number of aromatic nitrogens is 2. The van der Waals surface area contributed by atoms with Crippen LogP contribution in [0.15, 0.2) is 73.1 Å². The van der Waals surface area contributed by atoms with E-state index in [0.717, 1.165) is 10.5 Å². The summed E-state index contributed by atoms with van der Waals surface area (Å²) in [5.74, 6) is -1.80. The van der Waals surface area contributed by atoms with Gasteiger partial charge in [-0.2, -0.15) is 0 Å². The Balaban J connectivity index is 1.57. The number of benzene rings is 2. The monoisotopic (exact) mass is 541 g/mol. The number of esters is 2. The molecular weight excluding hydrogens is 510 g/mol. The minimum Gasteiger partial charge on any atom is -0.462 e. The smallest absolute Gasteiger partial charge is 0.338 e. The first kappa shape index (κ1) is 28.0. The molecule has 10 heteroatoms. The predicted molar refractivity (Wildman–Crippen MR) is 150 cm³/mol. The first-order valence-electron chi connectivity index (χ1n) is 12.7. The van der Waals surface area contributed by atoms with Crippen molar-refractivity contribution in [3.8, 4) is 11.3 Å². The highest BCUT2D eigenvalue weighted by Gasteiger charge is 2.22. The van der Waals surface area contributed by atoms with Crippen LogP contribution in [0.1, 0.15) is 64.3 Å². The molecule has 2 heterocycles. The van der Waals surface area contributed by atoms with Crippen LogP contribution in [-0.4, -0.2) is 50.3 Å². The highest BCUT2D eigenvalue weighted by molar-refractivity contribution is 6.05. The fourth-order valence-corrected chi connectivity index (χ4v) is 4.00. The third-order valence-corrected chi connectivity index (χ3v) is 5.89. The van der Waals surface area contributed by atoms with E-state index in [4.69, 9.17) is 25.6 Å². The average molecular weight is 542 g/mol. The van der Waals surface area contributed by atoms with Crippen LogP contribution in [0.4, 0.5) is 0 Å².